The molecular weight excluding hydrogens is 168 g/mol. The van der Waals surface area contributed by atoms with Crippen molar-refractivity contribution in [3.63, 3.8) is 0 Å². The fourth-order valence-corrected chi connectivity index (χ4v) is 1.05. The van der Waals surface area contributed by atoms with E-state index < -0.39 is 0 Å². The third-order valence-electron chi connectivity index (χ3n) is 1.96. The molecule has 1 atom stereocenters. The standard InChI is InChI=1S/C10H22O3/c1-3-4-8-13-9-10(12-2)6-5-7-11/h10-11H,3-9H2,1-2H3/t10-/m0/s1. The molecule has 0 aromatic carbocycles. The second kappa shape index (κ2) is 9.96. The Kier molecular flexibility index (Phi) is 9.87. The SMILES string of the molecule is CCCCOC[C@H](CCCO)OC. The summed E-state index contributed by atoms with van der Waals surface area (Å²) in [4.78, 5) is 0. The van der Waals surface area contributed by atoms with Crippen molar-refractivity contribution in [3.05, 3.63) is 0 Å². The van der Waals surface area contributed by atoms with E-state index in [1.54, 1.807) is 7.11 Å². The molecule has 0 aliphatic heterocycles. The molecule has 0 fully saturated rings. The van der Waals surface area contributed by atoms with Crippen LogP contribution in [0.3, 0.4) is 0 Å². The summed E-state index contributed by atoms with van der Waals surface area (Å²) in [7, 11) is 1.69. The zero-order chi connectivity index (χ0) is 9.94. The molecule has 0 rings (SSSR count). The van der Waals surface area contributed by atoms with Crippen molar-refractivity contribution in [1.82, 2.24) is 0 Å². The molecule has 0 bridgehead atoms. The Morgan fingerprint density at radius 2 is 2.08 bits per heavy atom. The first-order valence-corrected chi connectivity index (χ1v) is 5.06. The monoisotopic (exact) mass is 190 g/mol. The lowest BCUT2D eigenvalue weighted by Gasteiger charge is -2.14. The van der Waals surface area contributed by atoms with Crippen LogP contribution < -0.4 is 0 Å². The molecule has 0 saturated carbocycles. The number of aliphatic hydroxyl groups excluding tert-OH is 1. The smallest absolute Gasteiger partial charge is 0.0805 e. The van der Waals surface area contributed by atoms with Gasteiger partial charge in [0.2, 0.25) is 0 Å². The number of aliphatic hydroxyl groups is 1. The Morgan fingerprint density at radius 1 is 1.31 bits per heavy atom. The average Bonchev–Trinajstić information content (AvgIpc) is 2.17. The molecule has 13 heavy (non-hydrogen) atoms. The van der Waals surface area contributed by atoms with Crippen LogP contribution in [0.2, 0.25) is 0 Å². The molecular formula is C10H22O3. The number of unbranched alkanes of at least 4 members (excludes halogenated alkanes) is 1. The molecule has 0 heterocycles. The summed E-state index contributed by atoms with van der Waals surface area (Å²) >= 11 is 0. The van der Waals surface area contributed by atoms with Crippen LogP contribution in [0.15, 0.2) is 0 Å². The van der Waals surface area contributed by atoms with E-state index in [2.05, 4.69) is 6.92 Å². The number of hydrogen-bond acceptors (Lipinski definition) is 3. The third-order valence-corrected chi connectivity index (χ3v) is 1.96. The fourth-order valence-electron chi connectivity index (χ4n) is 1.05. The maximum Gasteiger partial charge on any atom is 0.0805 e. The molecule has 0 spiro atoms. The molecule has 3 nitrogen and oxygen atoms in total. The minimum atomic E-state index is 0.143. The molecule has 0 radical (unpaired) electrons. The number of rotatable bonds is 9. The lowest BCUT2D eigenvalue weighted by atomic mass is 10.2. The van der Waals surface area contributed by atoms with E-state index in [-0.39, 0.29) is 12.7 Å². The van der Waals surface area contributed by atoms with Gasteiger partial charge in [-0.1, -0.05) is 13.3 Å². The van der Waals surface area contributed by atoms with Gasteiger partial charge in [-0.05, 0) is 19.3 Å². The Balaban J connectivity index is 3.25. The van der Waals surface area contributed by atoms with E-state index in [0.717, 1.165) is 32.3 Å². The summed E-state index contributed by atoms with van der Waals surface area (Å²) in [6, 6.07) is 0. The van der Waals surface area contributed by atoms with Crippen molar-refractivity contribution in [2.45, 2.75) is 38.7 Å². The van der Waals surface area contributed by atoms with Crippen molar-refractivity contribution in [3.8, 4) is 0 Å². The number of ether oxygens (including phenoxy) is 2. The molecule has 1 N–H and O–H groups in total. The van der Waals surface area contributed by atoms with E-state index in [1.165, 1.54) is 0 Å². The maximum absolute atomic E-state index is 8.62. The second-order valence-corrected chi connectivity index (χ2v) is 3.15. The van der Waals surface area contributed by atoms with Crippen LogP contribution in [0.25, 0.3) is 0 Å². The van der Waals surface area contributed by atoms with Crippen molar-refractivity contribution >= 4 is 0 Å². The predicted molar refractivity (Wildman–Crippen MR) is 52.8 cm³/mol. The van der Waals surface area contributed by atoms with Crippen LogP contribution in [-0.2, 0) is 9.47 Å². The molecule has 0 aliphatic rings. The van der Waals surface area contributed by atoms with Gasteiger partial charge in [0.25, 0.3) is 0 Å². The minimum Gasteiger partial charge on any atom is -0.396 e. The first kappa shape index (κ1) is 12.9. The first-order chi connectivity index (χ1) is 6.35. The lowest BCUT2D eigenvalue weighted by Crippen LogP contribution is -2.19. The molecule has 0 amide bonds. The van der Waals surface area contributed by atoms with Crippen molar-refractivity contribution < 1.29 is 14.6 Å². The van der Waals surface area contributed by atoms with Gasteiger partial charge in [-0.3, -0.25) is 0 Å². The van der Waals surface area contributed by atoms with Gasteiger partial charge in [0.05, 0.1) is 12.7 Å². The van der Waals surface area contributed by atoms with Gasteiger partial charge in [0.15, 0.2) is 0 Å². The van der Waals surface area contributed by atoms with Crippen LogP contribution in [-0.4, -0.2) is 38.1 Å². The van der Waals surface area contributed by atoms with Gasteiger partial charge < -0.3 is 14.6 Å². The lowest BCUT2D eigenvalue weighted by molar-refractivity contribution is 0.000847. The van der Waals surface area contributed by atoms with E-state index in [0.29, 0.717) is 6.61 Å². The Morgan fingerprint density at radius 3 is 2.62 bits per heavy atom. The summed E-state index contributed by atoms with van der Waals surface area (Å²) in [6.07, 6.45) is 4.07. The van der Waals surface area contributed by atoms with E-state index in [9.17, 15) is 0 Å². The Bertz CT molecular complexity index is 96.2. The molecule has 0 saturated heterocycles. The summed E-state index contributed by atoms with van der Waals surface area (Å²) in [5, 5.41) is 8.62. The van der Waals surface area contributed by atoms with Gasteiger partial charge in [-0.25, -0.2) is 0 Å². The fraction of sp³-hybridized carbons (Fsp3) is 1.00. The van der Waals surface area contributed by atoms with Crippen LogP contribution in [0.4, 0.5) is 0 Å². The summed E-state index contributed by atoms with van der Waals surface area (Å²) < 4.78 is 10.6. The summed E-state index contributed by atoms with van der Waals surface area (Å²) in [6.45, 7) is 3.84. The van der Waals surface area contributed by atoms with Gasteiger partial charge in [-0.15, -0.1) is 0 Å². The highest BCUT2D eigenvalue weighted by molar-refractivity contribution is 4.55. The summed E-state index contributed by atoms with van der Waals surface area (Å²) in [5.41, 5.74) is 0. The van der Waals surface area contributed by atoms with Gasteiger partial charge in [-0.2, -0.15) is 0 Å². The zero-order valence-electron chi connectivity index (χ0n) is 8.79. The van der Waals surface area contributed by atoms with Crippen molar-refractivity contribution in [1.29, 1.82) is 0 Å². The van der Waals surface area contributed by atoms with Gasteiger partial charge >= 0.3 is 0 Å². The van der Waals surface area contributed by atoms with Crippen LogP contribution in [0.1, 0.15) is 32.6 Å². The second-order valence-electron chi connectivity index (χ2n) is 3.15. The molecule has 0 aromatic heterocycles. The first-order valence-electron chi connectivity index (χ1n) is 5.06. The topological polar surface area (TPSA) is 38.7 Å². The quantitative estimate of drug-likeness (QED) is 0.561. The largest absolute Gasteiger partial charge is 0.396 e. The minimum absolute atomic E-state index is 0.143. The van der Waals surface area contributed by atoms with Crippen molar-refractivity contribution in [2.75, 3.05) is 26.9 Å². The predicted octanol–water partition coefficient (Wildman–Crippen LogP) is 1.59. The Labute approximate surface area is 81.0 Å². The van der Waals surface area contributed by atoms with Crippen LogP contribution in [0.5, 0.6) is 0 Å². The average molecular weight is 190 g/mol. The number of methoxy groups -OCH3 is 1. The van der Waals surface area contributed by atoms with Gasteiger partial charge in [0.1, 0.15) is 0 Å². The Hall–Kier alpha value is -0.120. The highest BCUT2D eigenvalue weighted by Gasteiger charge is 2.05. The molecule has 80 valence electrons. The van der Waals surface area contributed by atoms with Crippen LogP contribution >= 0.6 is 0 Å². The van der Waals surface area contributed by atoms with E-state index in [4.69, 9.17) is 14.6 Å². The third kappa shape index (κ3) is 8.22. The molecule has 3 heteroatoms. The highest BCUT2D eigenvalue weighted by Crippen LogP contribution is 2.02. The molecule has 0 aliphatic carbocycles. The normalized spacial score (nSPS) is 13.2. The molecule has 0 unspecified atom stereocenters. The van der Waals surface area contributed by atoms with Crippen molar-refractivity contribution in [2.24, 2.45) is 0 Å². The number of hydrogen-bond donors (Lipinski definition) is 1. The zero-order valence-corrected chi connectivity index (χ0v) is 8.79. The van der Waals surface area contributed by atoms with Gasteiger partial charge in [0, 0.05) is 20.3 Å². The van der Waals surface area contributed by atoms with E-state index >= 15 is 0 Å². The highest BCUT2D eigenvalue weighted by atomic mass is 16.5. The van der Waals surface area contributed by atoms with E-state index in [1.807, 2.05) is 0 Å². The maximum atomic E-state index is 8.62. The summed E-state index contributed by atoms with van der Waals surface area (Å²) in [5.74, 6) is 0. The molecule has 0 aromatic rings. The van der Waals surface area contributed by atoms with Crippen LogP contribution in [0, 0.1) is 0 Å².